The van der Waals surface area contributed by atoms with Gasteiger partial charge in [0.05, 0.1) is 0 Å². The highest BCUT2D eigenvalue weighted by atomic mass is 14.5. The van der Waals surface area contributed by atoms with Gasteiger partial charge >= 0.3 is 0 Å². The van der Waals surface area contributed by atoms with Crippen LogP contribution < -0.4 is 5.73 Å². The number of allylic oxidation sites excluding steroid dienone is 1. The zero-order valence-corrected chi connectivity index (χ0v) is 12.0. The van der Waals surface area contributed by atoms with E-state index in [1.165, 1.54) is 49.7 Å². The summed E-state index contributed by atoms with van der Waals surface area (Å²) in [6, 6.07) is 8.89. The van der Waals surface area contributed by atoms with E-state index in [-0.39, 0.29) is 0 Å². The molecule has 0 aromatic heterocycles. The molecule has 0 heterocycles. The van der Waals surface area contributed by atoms with Gasteiger partial charge in [-0.1, -0.05) is 62.1 Å². The monoisotopic (exact) mass is 257 g/mol. The Labute approximate surface area is 117 Å². The Bertz CT molecular complexity index is 386. The van der Waals surface area contributed by atoms with Gasteiger partial charge in [0.15, 0.2) is 0 Å². The largest absolute Gasteiger partial charge is 0.330 e. The molecule has 2 N–H and O–H groups in total. The van der Waals surface area contributed by atoms with Crippen molar-refractivity contribution < 1.29 is 0 Å². The molecule has 0 spiro atoms. The maximum atomic E-state index is 5.57. The van der Waals surface area contributed by atoms with Crippen molar-refractivity contribution in [3.63, 3.8) is 0 Å². The van der Waals surface area contributed by atoms with Crippen LogP contribution in [0.4, 0.5) is 0 Å². The minimum Gasteiger partial charge on any atom is -0.330 e. The normalized spacial score (nSPS) is 17.7. The summed E-state index contributed by atoms with van der Waals surface area (Å²) < 4.78 is 0. The highest BCUT2D eigenvalue weighted by Crippen LogP contribution is 2.24. The van der Waals surface area contributed by atoms with Crippen LogP contribution in [0.5, 0.6) is 0 Å². The van der Waals surface area contributed by atoms with E-state index in [9.17, 15) is 0 Å². The van der Waals surface area contributed by atoms with Crippen LogP contribution in [0.15, 0.2) is 30.3 Å². The summed E-state index contributed by atoms with van der Waals surface area (Å²) in [6.07, 6.45) is 15.4. The molecule has 0 bridgehead atoms. The highest BCUT2D eigenvalue weighted by molar-refractivity contribution is 5.50. The van der Waals surface area contributed by atoms with Crippen molar-refractivity contribution in [3.8, 4) is 0 Å². The Morgan fingerprint density at radius 2 is 1.89 bits per heavy atom. The minimum atomic E-state index is 0.780. The van der Waals surface area contributed by atoms with Crippen molar-refractivity contribution >= 4 is 6.08 Å². The van der Waals surface area contributed by atoms with Gasteiger partial charge in [0, 0.05) is 0 Å². The van der Waals surface area contributed by atoms with Crippen LogP contribution in [0.25, 0.3) is 6.08 Å². The van der Waals surface area contributed by atoms with Crippen LogP contribution in [0.3, 0.4) is 0 Å². The molecule has 1 nitrogen and oxygen atoms in total. The van der Waals surface area contributed by atoms with Crippen molar-refractivity contribution in [3.05, 3.63) is 41.5 Å². The molecular formula is C18H27N. The number of hydrogen-bond acceptors (Lipinski definition) is 1. The predicted molar refractivity (Wildman–Crippen MR) is 84.0 cm³/mol. The van der Waals surface area contributed by atoms with E-state index in [0.29, 0.717) is 0 Å². The lowest BCUT2D eigenvalue weighted by atomic mass is 9.98. The average molecular weight is 257 g/mol. The standard InChI is InChI=1S/C18H27N/c19-14-6-11-17-9-5-10-18(15-17)13-12-16-7-3-1-2-4-8-16/h5,9-10,12-13,15-16H,1-4,6-8,11,14,19H2. The van der Waals surface area contributed by atoms with Crippen molar-refractivity contribution in [1.29, 1.82) is 0 Å². The summed E-state index contributed by atoms with van der Waals surface area (Å²) in [7, 11) is 0. The summed E-state index contributed by atoms with van der Waals surface area (Å²) in [6.45, 7) is 0.780. The minimum absolute atomic E-state index is 0.780. The van der Waals surface area contributed by atoms with Crippen molar-refractivity contribution in [2.45, 2.75) is 51.4 Å². The lowest BCUT2D eigenvalue weighted by molar-refractivity contribution is 0.561. The fourth-order valence-electron chi connectivity index (χ4n) is 2.91. The zero-order chi connectivity index (χ0) is 13.3. The highest BCUT2D eigenvalue weighted by Gasteiger charge is 2.08. The number of benzene rings is 1. The first-order valence-corrected chi connectivity index (χ1v) is 7.86. The summed E-state index contributed by atoms with van der Waals surface area (Å²) in [5.74, 6) is 0.801. The van der Waals surface area contributed by atoms with Gasteiger partial charge < -0.3 is 5.73 Å². The van der Waals surface area contributed by atoms with Crippen molar-refractivity contribution in [2.24, 2.45) is 11.7 Å². The Hall–Kier alpha value is -1.08. The summed E-state index contributed by atoms with van der Waals surface area (Å²) in [4.78, 5) is 0. The van der Waals surface area contributed by atoms with Gasteiger partial charge in [-0.25, -0.2) is 0 Å². The first-order chi connectivity index (χ1) is 9.38. The topological polar surface area (TPSA) is 26.0 Å². The molecule has 0 amide bonds. The second-order valence-electron chi connectivity index (χ2n) is 5.75. The molecule has 19 heavy (non-hydrogen) atoms. The summed E-state index contributed by atoms with van der Waals surface area (Å²) in [5, 5.41) is 0. The fraction of sp³-hybridized carbons (Fsp3) is 0.556. The Morgan fingerprint density at radius 3 is 2.63 bits per heavy atom. The van der Waals surface area contributed by atoms with E-state index in [2.05, 4.69) is 36.4 Å². The molecule has 1 aliphatic rings. The zero-order valence-electron chi connectivity index (χ0n) is 12.0. The quantitative estimate of drug-likeness (QED) is 0.769. The third kappa shape index (κ3) is 5.20. The van der Waals surface area contributed by atoms with E-state index >= 15 is 0 Å². The van der Waals surface area contributed by atoms with Crippen LogP contribution in [-0.2, 0) is 6.42 Å². The third-order valence-electron chi connectivity index (χ3n) is 4.08. The van der Waals surface area contributed by atoms with Gasteiger partial charge in [-0.3, -0.25) is 0 Å². The van der Waals surface area contributed by atoms with Gasteiger partial charge in [-0.15, -0.1) is 0 Å². The first kappa shape index (κ1) is 14.3. The molecule has 0 aliphatic heterocycles. The maximum Gasteiger partial charge on any atom is -0.00741 e. The van der Waals surface area contributed by atoms with Crippen molar-refractivity contribution in [2.75, 3.05) is 6.54 Å². The molecule has 1 heteroatoms. The smallest absolute Gasteiger partial charge is 0.00741 e. The lowest BCUT2D eigenvalue weighted by Gasteiger charge is -2.08. The SMILES string of the molecule is NCCCc1cccc(C=CC2CCCCCC2)c1. The second-order valence-corrected chi connectivity index (χ2v) is 5.75. The predicted octanol–water partition coefficient (Wildman–Crippen LogP) is 4.56. The third-order valence-corrected chi connectivity index (χ3v) is 4.08. The van der Waals surface area contributed by atoms with E-state index in [0.717, 1.165) is 25.3 Å². The summed E-state index contributed by atoms with van der Waals surface area (Å²) >= 11 is 0. The second kappa shape index (κ2) is 8.16. The molecule has 0 unspecified atom stereocenters. The van der Waals surface area contributed by atoms with Gasteiger partial charge in [0.25, 0.3) is 0 Å². The molecule has 2 rings (SSSR count). The first-order valence-electron chi connectivity index (χ1n) is 7.86. The van der Waals surface area contributed by atoms with Gasteiger partial charge in [-0.2, -0.15) is 0 Å². The molecule has 104 valence electrons. The number of hydrogen-bond donors (Lipinski definition) is 1. The Kier molecular flexibility index (Phi) is 6.16. The van der Waals surface area contributed by atoms with Gasteiger partial charge in [0.1, 0.15) is 0 Å². The van der Waals surface area contributed by atoms with E-state index < -0.39 is 0 Å². The molecule has 0 atom stereocenters. The molecular weight excluding hydrogens is 230 g/mol. The van der Waals surface area contributed by atoms with Crippen LogP contribution in [0.2, 0.25) is 0 Å². The molecule has 1 aliphatic carbocycles. The number of nitrogens with two attached hydrogens (primary N) is 1. The van der Waals surface area contributed by atoms with Gasteiger partial charge in [-0.05, 0) is 49.3 Å². The van der Waals surface area contributed by atoms with Crippen LogP contribution in [-0.4, -0.2) is 6.54 Å². The lowest BCUT2D eigenvalue weighted by Crippen LogP contribution is -2.00. The number of aryl methyl sites for hydroxylation is 1. The van der Waals surface area contributed by atoms with Crippen LogP contribution in [0, 0.1) is 5.92 Å². The number of rotatable bonds is 5. The van der Waals surface area contributed by atoms with Crippen LogP contribution >= 0.6 is 0 Å². The fourth-order valence-corrected chi connectivity index (χ4v) is 2.91. The van der Waals surface area contributed by atoms with Gasteiger partial charge in [0.2, 0.25) is 0 Å². The van der Waals surface area contributed by atoms with E-state index in [4.69, 9.17) is 5.73 Å². The molecule has 1 saturated carbocycles. The maximum absolute atomic E-state index is 5.57. The van der Waals surface area contributed by atoms with Crippen LogP contribution in [0.1, 0.15) is 56.1 Å². The average Bonchev–Trinajstić information content (AvgIpc) is 2.72. The molecule has 1 aromatic rings. The molecule has 0 saturated heterocycles. The van der Waals surface area contributed by atoms with E-state index in [1.807, 2.05) is 0 Å². The molecule has 1 fully saturated rings. The van der Waals surface area contributed by atoms with E-state index in [1.54, 1.807) is 0 Å². The van der Waals surface area contributed by atoms with Crippen molar-refractivity contribution in [1.82, 2.24) is 0 Å². The Morgan fingerprint density at radius 1 is 1.11 bits per heavy atom. The summed E-state index contributed by atoms with van der Waals surface area (Å²) in [5.41, 5.74) is 8.33. The molecule has 1 aromatic carbocycles. The Balaban J connectivity index is 1.93. The molecule has 0 radical (unpaired) electrons.